The average Bonchev–Trinajstić information content (AvgIpc) is 3.14. The van der Waals surface area contributed by atoms with E-state index in [4.69, 9.17) is 0 Å². The van der Waals surface area contributed by atoms with Crippen molar-refractivity contribution in [3.8, 4) is 5.69 Å². The van der Waals surface area contributed by atoms with Crippen molar-refractivity contribution < 1.29 is 0 Å². The van der Waals surface area contributed by atoms with Crippen LogP contribution in [0, 0.1) is 12.8 Å². The molecule has 2 nitrogen and oxygen atoms in total. The number of hydrogen-bond donors (Lipinski definition) is 0. The summed E-state index contributed by atoms with van der Waals surface area (Å²) in [6.07, 6.45) is 16.2. The van der Waals surface area contributed by atoms with Crippen molar-refractivity contribution in [2.45, 2.75) is 41.0 Å². The number of rotatable bonds is 7. The Hall–Kier alpha value is -4.04. The molecule has 188 valence electrons. The van der Waals surface area contributed by atoms with Crippen LogP contribution >= 0.6 is 0 Å². The van der Waals surface area contributed by atoms with Crippen LogP contribution in [-0.2, 0) is 0 Å². The van der Waals surface area contributed by atoms with Crippen molar-refractivity contribution in [1.29, 1.82) is 0 Å². The summed E-state index contributed by atoms with van der Waals surface area (Å²) in [4.78, 5) is 2.34. The largest absolute Gasteiger partial charge is 0.311 e. The Bertz CT molecular complexity index is 1500. The van der Waals surface area contributed by atoms with Crippen LogP contribution in [0.15, 0.2) is 109 Å². The molecule has 1 aliphatic rings. The van der Waals surface area contributed by atoms with Crippen LogP contribution in [0.3, 0.4) is 0 Å². The predicted octanol–water partition coefficient (Wildman–Crippen LogP) is 8.15. The number of para-hydroxylation sites is 1. The lowest BCUT2D eigenvalue weighted by atomic mass is 10.00. The maximum Gasteiger partial charge on any atom is 0.0569 e. The fourth-order valence-electron chi connectivity index (χ4n) is 4.99. The molecule has 0 N–H and O–H groups in total. The number of aromatic nitrogens is 1. The normalized spacial score (nSPS) is 15.6. The van der Waals surface area contributed by atoms with Gasteiger partial charge in [-0.05, 0) is 105 Å². The first kappa shape index (κ1) is 26.0. The molecule has 0 saturated carbocycles. The van der Waals surface area contributed by atoms with Crippen LogP contribution in [0.1, 0.15) is 45.4 Å². The van der Waals surface area contributed by atoms with E-state index in [0.717, 1.165) is 45.3 Å². The Balaban J connectivity index is 1.92. The van der Waals surface area contributed by atoms with Gasteiger partial charge in [0.15, 0.2) is 0 Å². The van der Waals surface area contributed by atoms with Gasteiger partial charge < -0.3 is 9.47 Å². The predicted molar refractivity (Wildman–Crippen MR) is 163 cm³/mol. The molecule has 3 aromatic rings. The molecule has 0 spiro atoms. The lowest BCUT2D eigenvalue weighted by Gasteiger charge is -2.29. The molecule has 1 unspecified atom stereocenters. The van der Waals surface area contributed by atoms with Gasteiger partial charge in [-0.15, -0.1) is 0 Å². The van der Waals surface area contributed by atoms with Gasteiger partial charge in [-0.25, -0.2) is 0 Å². The van der Waals surface area contributed by atoms with Gasteiger partial charge in [0.25, 0.3) is 0 Å². The zero-order valence-corrected chi connectivity index (χ0v) is 22.8. The topological polar surface area (TPSA) is 8.17 Å². The number of hydrogen-bond acceptors (Lipinski definition) is 1. The Morgan fingerprint density at radius 2 is 1.70 bits per heavy atom. The van der Waals surface area contributed by atoms with Gasteiger partial charge in [0.2, 0.25) is 0 Å². The van der Waals surface area contributed by atoms with E-state index < -0.39 is 0 Å². The second kappa shape index (κ2) is 11.3. The van der Waals surface area contributed by atoms with Crippen molar-refractivity contribution in [3.05, 3.63) is 131 Å². The Labute approximate surface area is 222 Å². The minimum atomic E-state index is 0.512. The van der Waals surface area contributed by atoms with E-state index in [1.165, 1.54) is 16.8 Å². The van der Waals surface area contributed by atoms with E-state index in [9.17, 15) is 0 Å². The van der Waals surface area contributed by atoms with E-state index >= 15 is 0 Å². The lowest BCUT2D eigenvalue weighted by molar-refractivity contribution is 0.726. The van der Waals surface area contributed by atoms with Crippen molar-refractivity contribution in [2.75, 3.05) is 4.90 Å². The van der Waals surface area contributed by atoms with E-state index in [1.807, 2.05) is 19.1 Å². The zero-order chi connectivity index (χ0) is 26.5. The first-order valence-corrected chi connectivity index (χ1v) is 13.0. The molecule has 0 bridgehead atoms. The standard InChI is InChI=1S/C35H38N2/c1-8-10-19-34-27(6)28(7)35(33(9-2)25(3)4)37(34)31-22-20-30(21-23-31)36(29-16-12-11-13-17-29)32-18-14-15-26(5)24-32/h8-14,16-24,26H,2,6,15H2,1,3-5,7H3/b10-8-,34-19+. The smallest absolute Gasteiger partial charge is 0.0569 e. The van der Waals surface area contributed by atoms with E-state index in [1.54, 1.807) is 0 Å². The molecule has 0 saturated heterocycles. The molecular weight excluding hydrogens is 448 g/mol. The zero-order valence-electron chi connectivity index (χ0n) is 22.8. The molecule has 0 fully saturated rings. The molecule has 1 atom stereocenters. The lowest BCUT2D eigenvalue weighted by Crippen LogP contribution is -2.28. The van der Waals surface area contributed by atoms with Crippen LogP contribution in [0.4, 0.5) is 11.4 Å². The number of nitrogens with zero attached hydrogens (tertiary/aromatic N) is 2. The van der Waals surface area contributed by atoms with Crippen molar-refractivity contribution in [1.82, 2.24) is 4.57 Å². The minimum Gasteiger partial charge on any atom is -0.311 e. The molecule has 1 aliphatic carbocycles. The molecule has 0 amide bonds. The van der Waals surface area contributed by atoms with Gasteiger partial charge in [0.1, 0.15) is 0 Å². The van der Waals surface area contributed by atoms with Crippen molar-refractivity contribution in [2.24, 2.45) is 5.92 Å². The minimum absolute atomic E-state index is 0.512. The Kier molecular flexibility index (Phi) is 7.98. The molecule has 2 aromatic carbocycles. The Morgan fingerprint density at radius 1 is 1.03 bits per heavy atom. The first-order valence-electron chi connectivity index (χ1n) is 13.0. The van der Waals surface area contributed by atoms with Gasteiger partial charge in [-0.2, -0.15) is 0 Å². The molecule has 37 heavy (non-hydrogen) atoms. The average molecular weight is 487 g/mol. The SMILES string of the molecule is C=CC(=C(C)C)c1c(C)c(=C)/c(=C\C=C/C)n1-c1ccc(N(C2=CC(C)CC=C2)c2ccccc2)cc1. The van der Waals surface area contributed by atoms with Crippen molar-refractivity contribution >= 4 is 29.6 Å². The van der Waals surface area contributed by atoms with Crippen molar-refractivity contribution in [3.63, 3.8) is 0 Å². The summed E-state index contributed by atoms with van der Waals surface area (Å²) in [5, 5.41) is 2.13. The van der Waals surface area contributed by atoms with E-state index in [-0.39, 0.29) is 0 Å². The maximum atomic E-state index is 4.44. The second-order valence-electron chi connectivity index (χ2n) is 9.88. The summed E-state index contributed by atoms with van der Waals surface area (Å²) in [5.74, 6) is 0.512. The third kappa shape index (κ3) is 5.24. The fraction of sp³-hybridized carbons (Fsp3) is 0.200. The first-order chi connectivity index (χ1) is 17.9. The summed E-state index contributed by atoms with van der Waals surface area (Å²) in [5.41, 5.74) is 9.28. The number of allylic oxidation sites excluding steroid dienone is 8. The highest BCUT2D eigenvalue weighted by Gasteiger charge is 2.18. The van der Waals surface area contributed by atoms with Gasteiger partial charge >= 0.3 is 0 Å². The van der Waals surface area contributed by atoms with E-state index in [2.05, 4.69) is 135 Å². The molecule has 0 aliphatic heterocycles. The molecular formula is C35H38N2. The summed E-state index contributed by atoms with van der Waals surface area (Å²) < 4.78 is 2.32. The van der Waals surface area contributed by atoms with Gasteiger partial charge in [0.05, 0.1) is 11.0 Å². The Morgan fingerprint density at radius 3 is 2.30 bits per heavy atom. The molecule has 2 heteroatoms. The van der Waals surface area contributed by atoms with Crippen LogP contribution in [0.5, 0.6) is 0 Å². The third-order valence-electron chi connectivity index (χ3n) is 6.92. The number of anilines is 2. The summed E-state index contributed by atoms with van der Waals surface area (Å²) in [6.45, 7) is 19.3. The highest BCUT2D eigenvalue weighted by Crippen LogP contribution is 2.34. The fourth-order valence-corrected chi connectivity index (χ4v) is 4.99. The van der Waals surface area contributed by atoms with Crippen LogP contribution in [-0.4, -0.2) is 4.57 Å². The highest BCUT2D eigenvalue weighted by atomic mass is 15.1. The van der Waals surface area contributed by atoms with Gasteiger partial charge in [-0.1, -0.05) is 74.2 Å². The van der Waals surface area contributed by atoms with Crippen LogP contribution < -0.4 is 15.5 Å². The highest BCUT2D eigenvalue weighted by molar-refractivity contribution is 5.78. The third-order valence-corrected chi connectivity index (χ3v) is 6.92. The summed E-state index contributed by atoms with van der Waals surface area (Å²) >= 11 is 0. The quantitative estimate of drug-likeness (QED) is 0.306. The van der Waals surface area contributed by atoms with Crippen LogP contribution in [0.25, 0.3) is 23.9 Å². The number of benzene rings is 2. The molecule has 4 rings (SSSR count). The summed E-state index contributed by atoms with van der Waals surface area (Å²) in [6, 6.07) is 19.4. The monoisotopic (exact) mass is 486 g/mol. The summed E-state index contributed by atoms with van der Waals surface area (Å²) in [7, 11) is 0. The van der Waals surface area contributed by atoms with Gasteiger partial charge in [0, 0.05) is 22.8 Å². The molecule has 1 heterocycles. The molecule has 0 radical (unpaired) electrons. The second-order valence-corrected chi connectivity index (χ2v) is 9.88. The molecule has 1 aromatic heterocycles. The van der Waals surface area contributed by atoms with Crippen LogP contribution in [0.2, 0.25) is 0 Å². The van der Waals surface area contributed by atoms with E-state index in [0.29, 0.717) is 5.92 Å². The van der Waals surface area contributed by atoms with Gasteiger partial charge in [-0.3, -0.25) is 0 Å². The maximum absolute atomic E-state index is 4.44.